The summed E-state index contributed by atoms with van der Waals surface area (Å²) in [7, 11) is -1.33. The van der Waals surface area contributed by atoms with Crippen LogP contribution in [0.15, 0.2) is 12.7 Å². The van der Waals surface area contributed by atoms with Crippen molar-refractivity contribution < 1.29 is 4.43 Å². The van der Waals surface area contributed by atoms with Gasteiger partial charge in [-0.25, -0.2) is 0 Å². The van der Waals surface area contributed by atoms with E-state index < -0.39 is 8.32 Å². The molecule has 10 heavy (non-hydrogen) atoms. The second-order valence-corrected chi connectivity index (χ2v) is 7.87. The summed E-state index contributed by atoms with van der Waals surface area (Å²) < 4.78 is 5.76. The van der Waals surface area contributed by atoms with E-state index in [2.05, 4.69) is 33.1 Å². The van der Waals surface area contributed by atoms with Crippen LogP contribution in [0.5, 0.6) is 0 Å². The lowest BCUT2D eigenvalue weighted by atomic mass is 10.3. The molecule has 1 atom stereocenters. The van der Waals surface area contributed by atoms with Gasteiger partial charge in [0, 0.05) is 0 Å². The topological polar surface area (TPSA) is 9.23 Å². The molecule has 0 aromatic carbocycles. The fourth-order valence-electron chi connectivity index (χ4n) is 0.752. The molecule has 0 aromatic heterocycles. The van der Waals surface area contributed by atoms with E-state index in [0.717, 1.165) is 6.42 Å². The van der Waals surface area contributed by atoms with Crippen molar-refractivity contribution >= 4 is 8.32 Å². The maximum atomic E-state index is 5.76. The Labute approximate surface area is 65.2 Å². The Morgan fingerprint density at radius 1 is 1.50 bits per heavy atom. The fraction of sp³-hybridized carbons (Fsp3) is 0.750. The Hall–Kier alpha value is -0.0831. The van der Waals surface area contributed by atoms with Crippen LogP contribution < -0.4 is 0 Å². The molecule has 0 spiro atoms. The summed E-state index contributed by atoms with van der Waals surface area (Å²) in [5.74, 6) is 0. The minimum Gasteiger partial charge on any atom is -0.411 e. The first-order valence-electron chi connectivity index (χ1n) is 3.80. The highest BCUT2D eigenvalue weighted by molar-refractivity contribution is 6.69. The molecule has 0 aromatic rings. The van der Waals surface area contributed by atoms with Gasteiger partial charge < -0.3 is 4.43 Å². The monoisotopic (exact) mass is 158 g/mol. The van der Waals surface area contributed by atoms with Gasteiger partial charge in [0.05, 0.1) is 6.10 Å². The highest BCUT2D eigenvalue weighted by atomic mass is 28.4. The van der Waals surface area contributed by atoms with Crippen LogP contribution >= 0.6 is 0 Å². The molecule has 0 aliphatic rings. The van der Waals surface area contributed by atoms with E-state index in [1.165, 1.54) is 0 Å². The lowest BCUT2D eigenvalue weighted by Crippen LogP contribution is -2.30. The van der Waals surface area contributed by atoms with Gasteiger partial charge >= 0.3 is 0 Å². The quantitative estimate of drug-likeness (QED) is 0.451. The zero-order chi connectivity index (χ0) is 8.20. The van der Waals surface area contributed by atoms with Crippen LogP contribution in [0.3, 0.4) is 0 Å². The van der Waals surface area contributed by atoms with Gasteiger partial charge in [0.15, 0.2) is 8.32 Å². The highest BCUT2D eigenvalue weighted by Gasteiger charge is 2.17. The van der Waals surface area contributed by atoms with Gasteiger partial charge in [-0.2, -0.15) is 0 Å². The minimum absolute atomic E-state index is 0.270. The minimum atomic E-state index is -1.33. The molecule has 0 saturated carbocycles. The normalized spacial score (nSPS) is 14.8. The molecule has 0 radical (unpaired) electrons. The van der Waals surface area contributed by atoms with Crippen molar-refractivity contribution in [3.05, 3.63) is 12.7 Å². The van der Waals surface area contributed by atoms with Crippen molar-refractivity contribution in [2.24, 2.45) is 0 Å². The van der Waals surface area contributed by atoms with Crippen LogP contribution in [0.1, 0.15) is 13.3 Å². The van der Waals surface area contributed by atoms with E-state index >= 15 is 0 Å². The zero-order valence-corrected chi connectivity index (χ0v) is 8.48. The van der Waals surface area contributed by atoms with Gasteiger partial charge in [-0.15, -0.1) is 6.58 Å². The first-order chi connectivity index (χ1) is 4.49. The molecule has 0 rings (SSSR count). The first kappa shape index (κ1) is 9.92. The lowest BCUT2D eigenvalue weighted by Gasteiger charge is -2.22. The summed E-state index contributed by atoms with van der Waals surface area (Å²) in [6, 6.07) is 0. The second-order valence-electron chi connectivity index (χ2n) is 3.41. The standard InChI is InChI=1S/C8H18OSi/c1-6-8(7-2)9-10(3,4)5/h6,8H,1,7H2,2-5H3/t8-/m1/s1. The highest BCUT2D eigenvalue weighted by Crippen LogP contribution is 2.09. The molecule has 0 N–H and O–H groups in total. The molecule has 0 unspecified atom stereocenters. The molecule has 60 valence electrons. The van der Waals surface area contributed by atoms with Gasteiger partial charge in [0.25, 0.3) is 0 Å². The third-order valence-electron chi connectivity index (χ3n) is 1.17. The summed E-state index contributed by atoms with van der Waals surface area (Å²) in [5.41, 5.74) is 0. The number of rotatable bonds is 4. The van der Waals surface area contributed by atoms with Gasteiger partial charge in [0.2, 0.25) is 0 Å². The Morgan fingerprint density at radius 3 is 2.10 bits per heavy atom. The number of hydrogen-bond donors (Lipinski definition) is 0. The van der Waals surface area contributed by atoms with Gasteiger partial charge in [-0.1, -0.05) is 13.0 Å². The molecule has 0 fully saturated rings. The SMILES string of the molecule is C=C[C@H](CC)O[Si](C)(C)C. The Bertz CT molecular complexity index is 104. The molecular formula is C8H18OSi. The van der Waals surface area contributed by atoms with Gasteiger partial charge in [0.1, 0.15) is 0 Å². The largest absolute Gasteiger partial charge is 0.411 e. The maximum Gasteiger partial charge on any atom is 0.184 e. The summed E-state index contributed by atoms with van der Waals surface area (Å²) >= 11 is 0. The lowest BCUT2D eigenvalue weighted by molar-refractivity contribution is 0.238. The molecular weight excluding hydrogens is 140 g/mol. The van der Waals surface area contributed by atoms with Crippen LogP contribution in [0.4, 0.5) is 0 Å². The number of hydrogen-bond acceptors (Lipinski definition) is 1. The van der Waals surface area contributed by atoms with Gasteiger partial charge in [-0.3, -0.25) is 0 Å². The van der Waals surface area contributed by atoms with Crippen molar-refractivity contribution in [2.45, 2.75) is 39.1 Å². The molecule has 0 heterocycles. The zero-order valence-electron chi connectivity index (χ0n) is 7.48. The molecule has 0 amide bonds. The van der Waals surface area contributed by atoms with Crippen molar-refractivity contribution in [1.29, 1.82) is 0 Å². The van der Waals surface area contributed by atoms with E-state index in [-0.39, 0.29) is 6.10 Å². The average Bonchev–Trinajstić information content (AvgIpc) is 1.81. The summed E-state index contributed by atoms with van der Waals surface area (Å²) in [6.45, 7) is 12.4. The molecule has 0 bridgehead atoms. The smallest absolute Gasteiger partial charge is 0.184 e. The predicted molar refractivity (Wildman–Crippen MR) is 48.7 cm³/mol. The fourth-order valence-corrected chi connectivity index (χ4v) is 1.92. The van der Waals surface area contributed by atoms with E-state index in [1.807, 2.05) is 6.08 Å². The molecule has 0 saturated heterocycles. The molecule has 2 heteroatoms. The van der Waals surface area contributed by atoms with E-state index in [1.54, 1.807) is 0 Å². The third-order valence-corrected chi connectivity index (χ3v) is 2.18. The van der Waals surface area contributed by atoms with Crippen LogP contribution in [0, 0.1) is 0 Å². The van der Waals surface area contributed by atoms with Crippen molar-refractivity contribution in [1.82, 2.24) is 0 Å². The first-order valence-corrected chi connectivity index (χ1v) is 7.21. The van der Waals surface area contributed by atoms with Crippen molar-refractivity contribution in [3.63, 3.8) is 0 Å². The Morgan fingerprint density at radius 2 is 2.00 bits per heavy atom. The third kappa shape index (κ3) is 4.76. The van der Waals surface area contributed by atoms with Crippen LogP contribution in [0.25, 0.3) is 0 Å². The Kier molecular flexibility index (Phi) is 3.90. The van der Waals surface area contributed by atoms with E-state index in [9.17, 15) is 0 Å². The molecule has 1 nitrogen and oxygen atoms in total. The second kappa shape index (κ2) is 3.94. The summed E-state index contributed by atoms with van der Waals surface area (Å²) in [4.78, 5) is 0. The van der Waals surface area contributed by atoms with Crippen molar-refractivity contribution in [3.8, 4) is 0 Å². The average molecular weight is 158 g/mol. The van der Waals surface area contributed by atoms with Crippen LogP contribution in [0.2, 0.25) is 19.6 Å². The summed E-state index contributed by atoms with van der Waals surface area (Å²) in [6.07, 6.45) is 3.19. The van der Waals surface area contributed by atoms with E-state index in [4.69, 9.17) is 4.43 Å². The van der Waals surface area contributed by atoms with Gasteiger partial charge in [-0.05, 0) is 26.1 Å². The van der Waals surface area contributed by atoms with Crippen molar-refractivity contribution in [2.75, 3.05) is 0 Å². The van der Waals surface area contributed by atoms with Crippen LogP contribution in [-0.2, 0) is 4.43 Å². The van der Waals surface area contributed by atoms with Crippen LogP contribution in [-0.4, -0.2) is 14.4 Å². The van der Waals surface area contributed by atoms with E-state index in [0.29, 0.717) is 0 Å². The molecule has 0 aliphatic heterocycles. The molecule has 0 aliphatic carbocycles. The maximum absolute atomic E-state index is 5.76. The predicted octanol–water partition coefficient (Wildman–Crippen LogP) is 2.80. The Balaban J connectivity index is 3.74. The summed E-state index contributed by atoms with van der Waals surface area (Å²) in [5, 5.41) is 0.